The maximum Gasteiger partial charge on any atom is 0.244 e. The molecule has 8 heteroatoms. The number of carbonyl (C=O) groups excluding carboxylic acids is 2. The van der Waals surface area contributed by atoms with Crippen LogP contribution in [0.4, 0.5) is 4.39 Å². The van der Waals surface area contributed by atoms with Gasteiger partial charge < -0.3 is 10.2 Å². The number of aromatic nitrogens is 2. The topological polar surface area (TPSA) is 67.2 Å². The van der Waals surface area contributed by atoms with E-state index in [9.17, 15) is 14.0 Å². The van der Waals surface area contributed by atoms with Crippen LogP contribution in [-0.4, -0.2) is 46.1 Å². The molecule has 0 saturated carbocycles. The molecular weight excluding hydrogens is 415 g/mol. The molecule has 27 heavy (non-hydrogen) atoms. The van der Waals surface area contributed by atoms with E-state index in [0.717, 1.165) is 17.4 Å². The molecule has 0 atom stereocenters. The van der Waals surface area contributed by atoms with Crippen LogP contribution in [-0.2, 0) is 9.59 Å². The maximum atomic E-state index is 14.3. The van der Waals surface area contributed by atoms with Crippen molar-refractivity contribution in [2.24, 2.45) is 0 Å². The summed E-state index contributed by atoms with van der Waals surface area (Å²) in [5, 5.41) is 6.82. The molecule has 0 radical (unpaired) electrons. The Kier molecular flexibility index (Phi) is 6.39. The van der Waals surface area contributed by atoms with E-state index in [4.69, 9.17) is 0 Å². The van der Waals surface area contributed by atoms with Gasteiger partial charge in [0.05, 0.1) is 10.7 Å². The Bertz CT molecular complexity index is 865. The van der Waals surface area contributed by atoms with E-state index in [-0.39, 0.29) is 11.8 Å². The van der Waals surface area contributed by atoms with Crippen molar-refractivity contribution in [3.05, 3.63) is 52.5 Å². The van der Waals surface area contributed by atoms with Crippen LogP contribution in [0.3, 0.4) is 0 Å². The predicted octanol–water partition coefficient (Wildman–Crippen LogP) is 2.92. The highest BCUT2D eigenvalue weighted by Gasteiger charge is 2.18. The van der Waals surface area contributed by atoms with Crippen LogP contribution in [0.5, 0.6) is 0 Å². The zero-order valence-electron chi connectivity index (χ0n) is 14.7. The number of amides is 2. The molecule has 0 aliphatic carbocycles. The molecule has 1 N–H and O–H groups in total. The van der Waals surface area contributed by atoms with E-state index >= 15 is 0 Å². The summed E-state index contributed by atoms with van der Waals surface area (Å²) in [5.41, 5.74) is 0.916. The first-order chi connectivity index (χ1) is 13.0. The number of hydrogen-bond donors (Lipinski definition) is 1. The van der Waals surface area contributed by atoms with Crippen molar-refractivity contribution in [1.29, 1.82) is 0 Å². The number of halogens is 2. The number of benzene rings is 1. The average Bonchev–Trinajstić information content (AvgIpc) is 3.25. The number of nitrogens with zero attached hydrogens (tertiary/aromatic N) is 3. The highest BCUT2D eigenvalue weighted by molar-refractivity contribution is 9.10. The highest BCUT2D eigenvalue weighted by Crippen LogP contribution is 2.18. The van der Waals surface area contributed by atoms with Gasteiger partial charge in [0.15, 0.2) is 0 Å². The highest BCUT2D eigenvalue weighted by atomic mass is 79.9. The molecule has 0 spiro atoms. The summed E-state index contributed by atoms with van der Waals surface area (Å²) in [7, 11) is 0. The molecule has 1 aromatic carbocycles. The minimum atomic E-state index is -0.427. The normalized spacial score (nSPS) is 14.3. The van der Waals surface area contributed by atoms with Gasteiger partial charge in [0.2, 0.25) is 11.8 Å². The smallest absolute Gasteiger partial charge is 0.244 e. The van der Waals surface area contributed by atoms with E-state index in [2.05, 4.69) is 26.3 Å². The Balaban J connectivity index is 1.47. The van der Waals surface area contributed by atoms with Gasteiger partial charge in [-0.05, 0) is 52.5 Å². The summed E-state index contributed by atoms with van der Waals surface area (Å²) in [6, 6.07) is 4.68. The largest absolute Gasteiger partial charge is 0.352 e. The summed E-state index contributed by atoms with van der Waals surface area (Å²) in [4.78, 5) is 25.2. The fourth-order valence-corrected chi connectivity index (χ4v) is 3.18. The van der Waals surface area contributed by atoms with Gasteiger partial charge in [0.1, 0.15) is 11.5 Å². The molecule has 142 valence electrons. The Hall–Kier alpha value is -2.48. The zero-order valence-corrected chi connectivity index (χ0v) is 16.3. The molecule has 1 saturated heterocycles. The van der Waals surface area contributed by atoms with Gasteiger partial charge in [-0.25, -0.2) is 9.07 Å². The second-order valence-electron chi connectivity index (χ2n) is 6.28. The summed E-state index contributed by atoms with van der Waals surface area (Å²) < 4.78 is 16.5. The molecule has 1 aliphatic heterocycles. The average molecular weight is 435 g/mol. The molecule has 1 fully saturated rings. The second kappa shape index (κ2) is 8.94. The maximum absolute atomic E-state index is 14.3. The van der Waals surface area contributed by atoms with Gasteiger partial charge in [-0.2, -0.15) is 5.10 Å². The van der Waals surface area contributed by atoms with Crippen LogP contribution in [0.1, 0.15) is 24.8 Å². The molecule has 0 unspecified atom stereocenters. The van der Waals surface area contributed by atoms with E-state index in [1.54, 1.807) is 30.6 Å². The molecule has 0 bridgehead atoms. The first kappa shape index (κ1) is 19.3. The SMILES string of the molecule is O=C(/C=C/c1ccc(-n2cc(Br)cn2)c(F)c1)NCCCN1CCCC1=O. The van der Waals surface area contributed by atoms with Crippen LogP contribution < -0.4 is 5.32 Å². The van der Waals surface area contributed by atoms with Crippen LogP contribution in [0.2, 0.25) is 0 Å². The molecular formula is C19H20BrFN4O2. The third-order valence-corrected chi connectivity index (χ3v) is 4.68. The summed E-state index contributed by atoms with van der Waals surface area (Å²) >= 11 is 3.28. The lowest BCUT2D eigenvalue weighted by molar-refractivity contribution is -0.127. The monoisotopic (exact) mass is 434 g/mol. The van der Waals surface area contributed by atoms with Gasteiger partial charge in [-0.1, -0.05) is 6.07 Å². The number of nitrogens with one attached hydrogen (secondary N) is 1. The van der Waals surface area contributed by atoms with Gasteiger partial charge in [0, 0.05) is 38.3 Å². The number of likely N-dealkylation sites (tertiary alicyclic amines) is 1. The summed E-state index contributed by atoms with van der Waals surface area (Å²) in [5.74, 6) is -0.485. The molecule has 3 rings (SSSR count). The molecule has 2 amide bonds. The van der Waals surface area contributed by atoms with Crippen LogP contribution in [0.15, 0.2) is 41.1 Å². The molecule has 6 nitrogen and oxygen atoms in total. The summed E-state index contributed by atoms with van der Waals surface area (Å²) in [6.45, 7) is 1.97. The van der Waals surface area contributed by atoms with Crippen molar-refractivity contribution >= 4 is 33.8 Å². The van der Waals surface area contributed by atoms with Crippen molar-refractivity contribution in [1.82, 2.24) is 20.0 Å². The van der Waals surface area contributed by atoms with Crippen molar-refractivity contribution in [2.75, 3.05) is 19.6 Å². The van der Waals surface area contributed by atoms with Crippen molar-refractivity contribution in [3.63, 3.8) is 0 Å². The van der Waals surface area contributed by atoms with Crippen LogP contribution in [0.25, 0.3) is 11.8 Å². The van der Waals surface area contributed by atoms with E-state index in [0.29, 0.717) is 37.2 Å². The predicted molar refractivity (Wildman–Crippen MR) is 104 cm³/mol. The minimum Gasteiger partial charge on any atom is -0.352 e. The second-order valence-corrected chi connectivity index (χ2v) is 7.19. The van der Waals surface area contributed by atoms with Crippen LogP contribution >= 0.6 is 15.9 Å². The van der Waals surface area contributed by atoms with Crippen molar-refractivity contribution in [3.8, 4) is 5.69 Å². The fraction of sp³-hybridized carbons (Fsp3) is 0.316. The van der Waals surface area contributed by atoms with Gasteiger partial charge >= 0.3 is 0 Å². The van der Waals surface area contributed by atoms with Gasteiger partial charge in [-0.3, -0.25) is 9.59 Å². The first-order valence-corrected chi connectivity index (χ1v) is 9.56. The van der Waals surface area contributed by atoms with E-state index in [1.165, 1.54) is 16.8 Å². The Morgan fingerprint density at radius 3 is 2.93 bits per heavy atom. The standard InChI is InChI=1S/C19H20BrFN4O2/c20-15-12-23-25(13-15)17-6-4-14(11-16(17)21)5-7-18(26)22-8-2-10-24-9-1-3-19(24)27/h4-7,11-13H,1-3,8-10H2,(H,22,26)/b7-5+. The Morgan fingerprint density at radius 1 is 1.41 bits per heavy atom. The third kappa shape index (κ3) is 5.26. The molecule has 2 aromatic rings. The lowest BCUT2D eigenvalue weighted by Gasteiger charge is -2.14. The van der Waals surface area contributed by atoms with E-state index in [1.807, 2.05) is 4.90 Å². The quantitative estimate of drug-likeness (QED) is 0.537. The Morgan fingerprint density at radius 2 is 2.26 bits per heavy atom. The number of rotatable bonds is 7. The van der Waals surface area contributed by atoms with Crippen LogP contribution in [0, 0.1) is 5.82 Å². The molecule has 1 aliphatic rings. The number of hydrogen-bond acceptors (Lipinski definition) is 3. The molecule has 1 aromatic heterocycles. The lowest BCUT2D eigenvalue weighted by Crippen LogP contribution is -2.29. The molecule has 2 heterocycles. The van der Waals surface area contributed by atoms with E-state index < -0.39 is 5.82 Å². The van der Waals surface area contributed by atoms with Crippen molar-refractivity contribution in [2.45, 2.75) is 19.3 Å². The minimum absolute atomic E-state index is 0.189. The fourth-order valence-electron chi connectivity index (χ4n) is 2.90. The first-order valence-electron chi connectivity index (χ1n) is 8.77. The van der Waals surface area contributed by atoms with Gasteiger partial charge in [-0.15, -0.1) is 0 Å². The van der Waals surface area contributed by atoms with Gasteiger partial charge in [0.25, 0.3) is 0 Å². The zero-order chi connectivity index (χ0) is 19.2. The summed E-state index contributed by atoms with van der Waals surface area (Å²) in [6.07, 6.45) is 8.44. The third-order valence-electron chi connectivity index (χ3n) is 4.27. The Labute approximate surface area is 165 Å². The number of carbonyl (C=O) groups is 2. The van der Waals surface area contributed by atoms with Crippen molar-refractivity contribution < 1.29 is 14.0 Å². The lowest BCUT2D eigenvalue weighted by atomic mass is 10.2.